The molecule has 2 amide bonds. The Morgan fingerprint density at radius 1 is 1.30 bits per heavy atom. The average Bonchev–Trinajstić information content (AvgIpc) is 3.36. The van der Waals surface area contributed by atoms with Crippen LogP contribution in [0.15, 0.2) is 40.7 Å². The number of phenolic OH excluding ortho intramolecular Hbond substituents is 1. The zero-order chi connectivity index (χ0) is 26.9. The second kappa shape index (κ2) is 10.7. The van der Waals surface area contributed by atoms with Crippen molar-refractivity contribution in [1.29, 1.82) is 0 Å². The minimum Gasteiger partial charge on any atom is -0.508 e. The number of nitrogens with zero attached hydrogens (tertiary/aromatic N) is 4. The molecule has 0 spiro atoms. The summed E-state index contributed by atoms with van der Waals surface area (Å²) in [5, 5.41) is 43.7. The number of H-pyrrole nitrogens is 1. The predicted molar refractivity (Wildman–Crippen MR) is 128 cm³/mol. The first-order valence-electron chi connectivity index (χ1n) is 10.5. The molecule has 0 bridgehead atoms. The van der Waals surface area contributed by atoms with Gasteiger partial charge in [0.05, 0.1) is 5.75 Å². The second-order valence-electron chi connectivity index (χ2n) is 7.96. The van der Waals surface area contributed by atoms with Crippen LogP contribution < -0.4 is 5.32 Å². The lowest BCUT2D eigenvalue weighted by Gasteiger charge is -2.50. The minimum absolute atomic E-state index is 0.0591. The Morgan fingerprint density at radius 2 is 2.00 bits per heavy atom. The third-order valence-electron chi connectivity index (χ3n) is 5.56. The summed E-state index contributed by atoms with van der Waals surface area (Å²) in [6.07, 6.45) is -1.82. The maximum Gasteiger partial charge on any atom is 0.352 e. The summed E-state index contributed by atoms with van der Waals surface area (Å²) in [5.74, 6) is -3.70. The smallest absolute Gasteiger partial charge is 0.352 e. The van der Waals surface area contributed by atoms with Crippen molar-refractivity contribution in [2.45, 2.75) is 34.3 Å². The van der Waals surface area contributed by atoms with Crippen molar-refractivity contribution in [2.24, 2.45) is 0 Å². The Hall–Kier alpha value is -3.19. The fourth-order valence-electron chi connectivity index (χ4n) is 3.83. The molecule has 18 heteroatoms. The van der Waals surface area contributed by atoms with E-state index in [1.54, 1.807) is 0 Å². The van der Waals surface area contributed by atoms with E-state index in [0.717, 1.165) is 28.4 Å². The Labute approximate surface area is 217 Å². The maximum atomic E-state index is 13.0. The van der Waals surface area contributed by atoms with Gasteiger partial charge in [-0.2, -0.15) is 8.42 Å². The summed E-state index contributed by atoms with van der Waals surface area (Å²) in [4.78, 5) is 38.7. The van der Waals surface area contributed by atoms with Gasteiger partial charge in [-0.1, -0.05) is 23.9 Å². The predicted octanol–water partition coefficient (Wildman–Crippen LogP) is -0.884. The van der Waals surface area contributed by atoms with Gasteiger partial charge in [-0.15, -0.1) is 16.9 Å². The number of hydrogen-bond donors (Lipinski definition) is 6. The van der Waals surface area contributed by atoms with Crippen LogP contribution in [0.25, 0.3) is 0 Å². The molecule has 15 nitrogen and oxygen atoms in total. The summed E-state index contributed by atoms with van der Waals surface area (Å²) in [6, 6.07) is 4.15. The molecule has 1 aromatic carbocycles. The van der Waals surface area contributed by atoms with Crippen LogP contribution in [0.5, 0.6) is 5.75 Å². The first-order valence-corrected chi connectivity index (χ1v) is 14.0. The molecule has 2 aliphatic heterocycles. The fourth-order valence-corrected chi connectivity index (χ4v) is 7.06. The number of carboxylic acids is 1. The second-order valence-corrected chi connectivity index (χ2v) is 11.8. The Morgan fingerprint density at radius 3 is 2.59 bits per heavy atom. The van der Waals surface area contributed by atoms with Gasteiger partial charge in [-0.25, -0.2) is 9.89 Å². The zero-order valence-corrected chi connectivity index (χ0v) is 21.0. The van der Waals surface area contributed by atoms with Gasteiger partial charge in [0.2, 0.25) is 5.16 Å². The summed E-state index contributed by atoms with van der Waals surface area (Å²) in [7, 11) is -4.37. The number of aliphatic carboxylic acids is 1. The van der Waals surface area contributed by atoms with Crippen LogP contribution in [0.2, 0.25) is 0 Å². The standard InChI is InChI=1S/C19H20N6O9S3/c26-9-3-1-8(2-4-9)14(27)15(28)20-12-16(29)25-13(18(30)31)10(7-35-17(12)25)11(5-6-37(32,33)34)36-19-21-23-24-22-19/h1-4,11-12,14,17,26-27H,5-7H2,(H,20,28)(H,30,31)(H,32,33,34)(H,21,22,23,24)/t11?,12?,14?,17-/m0/s1. The molecule has 4 atom stereocenters. The van der Waals surface area contributed by atoms with Crippen molar-refractivity contribution >= 4 is 51.4 Å². The van der Waals surface area contributed by atoms with E-state index < -0.39 is 56.4 Å². The van der Waals surface area contributed by atoms with E-state index >= 15 is 0 Å². The summed E-state index contributed by atoms with van der Waals surface area (Å²) in [5.41, 5.74) is 0.0453. The Bertz CT molecular complexity index is 1330. The average molecular weight is 573 g/mol. The molecule has 4 rings (SSSR count). The van der Waals surface area contributed by atoms with Crippen LogP contribution in [-0.2, 0) is 24.5 Å². The molecule has 1 fully saturated rings. The maximum absolute atomic E-state index is 13.0. The number of aliphatic hydroxyl groups excluding tert-OH is 1. The molecule has 37 heavy (non-hydrogen) atoms. The summed E-state index contributed by atoms with van der Waals surface area (Å²) in [6.45, 7) is 0. The fraction of sp³-hybridized carbons (Fsp3) is 0.368. The number of β-lactam (4-membered cyclic amide) rings is 1. The number of aromatic amines is 1. The highest BCUT2D eigenvalue weighted by Gasteiger charge is 2.55. The highest BCUT2D eigenvalue weighted by Crippen LogP contribution is 2.44. The summed E-state index contributed by atoms with van der Waals surface area (Å²) < 4.78 is 31.9. The number of tetrazole rings is 1. The van der Waals surface area contributed by atoms with Gasteiger partial charge < -0.3 is 20.6 Å². The van der Waals surface area contributed by atoms with E-state index in [4.69, 9.17) is 0 Å². The molecule has 0 radical (unpaired) electrons. The highest BCUT2D eigenvalue weighted by atomic mass is 32.2. The Balaban J connectivity index is 1.55. The first kappa shape index (κ1) is 26.9. The molecule has 0 saturated carbocycles. The monoisotopic (exact) mass is 572 g/mol. The number of phenols is 1. The third-order valence-corrected chi connectivity index (χ3v) is 8.82. The van der Waals surface area contributed by atoms with E-state index in [-0.39, 0.29) is 39.9 Å². The number of aromatic hydroxyl groups is 1. The van der Waals surface area contributed by atoms with Crippen molar-refractivity contribution in [3.63, 3.8) is 0 Å². The lowest BCUT2D eigenvalue weighted by atomic mass is 10.00. The Kier molecular flexibility index (Phi) is 7.74. The van der Waals surface area contributed by atoms with Crippen LogP contribution in [0.3, 0.4) is 0 Å². The quantitative estimate of drug-likeness (QED) is 0.115. The number of benzene rings is 1. The van der Waals surface area contributed by atoms with Crippen molar-refractivity contribution < 1.29 is 42.7 Å². The van der Waals surface area contributed by atoms with E-state index in [0.29, 0.717) is 0 Å². The third kappa shape index (κ3) is 5.87. The van der Waals surface area contributed by atoms with Crippen molar-refractivity contribution in [3.8, 4) is 5.75 Å². The van der Waals surface area contributed by atoms with Crippen LogP contribution >= 0.6 is 23.5 Å². The first-order chi connectivity index (χ1) is 17.5. The van der Waals surface area contributed by atoms with E-state index in [2.05, 4.69) is 25.9 Å². The van der Waals surface area contributed by atoms with E-state index in [1.165, 1.54) is 24.3 Å². The number of carbonyl (C=O) groups is 3. The SMILES string of the molecule is O=C(O)C1=C(C(CCS(=O)(=O)O)Sc2nnn[nH]2)CS[C@H]2C(NC(=O)C(O)c3ccc(O)cc3)C(=O)N12. The highest BCUT2D eigenvalue weighted by molar-refractivity contribution is 8.01. The number of carboxylic acid groups (broad SMARTS) is 1. The van der Waals surface area contributed by atoms with Gasteiger partial charge in [0.1, 0.15) is 22.9 Å². The van der Waals surface area contributed by atoms with Crippen LogP contribution in [0.4, 0.5) is 0 Å². The number of amides is 2. The lowest BCUT2D eigenvalue weighted by molar-refractivity contribution is -0.151. The van der Waals surface area contributed by atoms with Gasteiger partial charge in [0.25, 0.3) is 21.9 Å². The number of nitrogens with one attached hydrogen (secondary N) is 2. The van der Waals surface area contributed by atoms with Gasteiger partial charge in [-0.3, -0.25) is 19.0 Å². The molecule has 6 N–H and O–H groups in total. The van der Waals surface area contributed by atoms with Crippen LogP contribution in [-0.4, -0.2) is 99.8 Å². The van der Waals surface area contributed by atoms with Gasteiger partial charge in [0, 0.05) is 11.0 Å². The molecular weight excluding hydrogens is 552 g/mol. The van der Waals surface area contributed by atoms with Crippen molar-refractivity contribution in [1.82, 2.24) is 30.8 Å². The summed E-state index contributed by atoms with van der Waals surface area (Å²) >= 11 is 2.09. The van der Waals surface area contributed by atoms with Crippen molar-refractivity contribution in [3.05, 3.63) is 41.1 Å². The molecule has 3 heterocycles. The number of rotatable bonds is 10. The minimum atomic E-state index is -4.37. The normalized spacial score (nSPS) is 21.1. The van der Waals surface area contributed by atoms with E-state index in [1.807, 2.05) is 0 Å². The van der Waals surface area contributed by atoms with Gasteiger partial charge in [-0.05, 0) is 40.1 Å². The van der Waals surface area contributed by atoms with Crippen LogP contribution in [0.1, 0.15) is 18.1 Å². The molecule has 0 aliphatic carbocycles. The molecule has 1 aromatic heterocycles. The number of aromatic nitrogens is 4. The number of carbonyl (C=O) groups excluding carboxylic acids is 2. The van der Waals surface area contributed by atoms with E-state index in [9.17, 15) is 42.7 Å². The van der Waals surface area contributed by atoms with Crippen LogP contribution in [0, 0.1) is 0 Å². The van der Waals surface area contributed by atoms with Gasteiger partial charge in [0.15, 0.2) is 6.10 Å². The van der Waals surface area contributed by atoms with Crippen molar-refractivity contribution in [2.75, 3.05) is 11.5 Å². The lowest BCUT2D eigenvalue weighted by Crippen LogP contribution is -2.71. The molecule has 3 unspecified atom stereocenters. The molecule has 2 aliphatic rings. The molecular formula is C19H20N6O9S3. The number of aliphatic hydroxyl groups is 1. The molecule has 198 valence electrons. The zero-order valence-electron chi connectivity index (χ0n) is 18.6. The number of thioether (sulfide) groups is 2. The molecule has 2 aromatic rings. The van der Waals surface area contributed by atoms with Gasteiger partial charge >= 0.3 is 5.97 Å². The number of hydrogen-bond acceptors (Lipinski definition) is 12. The number of fused-ring (bicyclic) bond motifs is 1. The topological polar surface area (TPSA) is 236 Å². The molecule has 1 saturated heterocycles. The largest absolute Gasteiger partial charge is 0.508 e.